The Bertz CT molecular complexity index is 1040. The molecule has 3 saturated heterocycles. The topological polar surface area (TPSA) is 133 Å². The summed E-state index contributed by atoms with van der Waals surface area (Å²) < 4.78 is 52.5. The second-order valence-electron chi connectivity index (χ2n) is 7.17. The molecule has 1 aromatic rings. The van der Waals surface area contributed by atoms with Crippen LogP contribution in [0.1, 0.15) is 19.3 Å². The van der Waals surface area contributed by atoms with Crippen LogP contribution < -0.4 is 14.9 Å². The van der Waals surface area contributed by atoms with Gasteiger partial charge in [-0.2, -0.15) is 4.31 Å². The van der Waals surface area contributed by atoms with Crippen molar-refractivity contribution in [3.63, 3.8) is 0 Å². The van der Waals surface area contributed by atoms with Crippen LogP contribution in [-0.2, 0) is 24.8 Å². The van der Waals surface area contributed by atoms with Gasteiger partial charge in [0.05, 0.1) is 16.3 Å². The van der Waals surface area contributed by atoms with E-state index in [9.17, 15) is 26.4 Å². The summed E-state index contributed by atoms with van der Waals surface area (Å²) >= 11 is 0. The van der Waals surface area contributed by atoms with Crippen molar-refractivity contribution in [2.45, 2.75) is 29.7 Å². The van der Waals surface area contributed by atoms with E-state index in [2.05, 4.69) is 10.6 Å². The van der Waals surface area contributed by atoms with Crippen molar-refractivity contribution < 1.29 is 26.4 Å². The number of carbonyl (C=O) groups is 2. The minimum Gasteiger partial charge on any atom is -0.322 e. The normalized spacial score (nSPS) is 27.8. The Balaban J connectivity index is 1.58. The number of rotatable bonds is 3. The number of hydrogen-bond donors (Lipinski definition) is 2. The average molecular weight is 428 g/mol. The molecule has 10 nitrogen and oxygen atoms in total. The van der Waals surface area contributed by atoms with E-state index in [0.29, 0.717) is 31.5 Å². The number of sulfonamides is 2. The van der Waals surface area contributed by atoms with Crippen LogP contribution in [0.4, 0.5) is 10.5 Å². The van der Waals surface area contributed by atoms with Gasteiger partial charge in [0.2, 0.25) is 20.0 Å². The summed E-state index contributed by atoms with van der Waals surface area (Å²) in [6, 6.07) is 5.06. The van der Waals surface area contributed by atoms with E-state index in [1.807, 2.05) is 0 Å². The first-order valence-electron chi connectivity index (χ1n) is 8.88. The minimum atomic E-state index is -3.90. The van der Waals surface area contributed by atoms with Gasteiger partial charge in [-0.1, -0.05) is 0 Å². The number of carbonyl (C=O) groups excluding carboxylic acids is 2. The zero-order chi connectivity index (χ0) is 20.2. The summed E-state index contributed by atoms with van der Waals surface area (Å²) in [7, 11) is -7.25. The predicted molar refractivity (Wildman–Crippen MR) is 99.6 cm³/mol. The van der Waals surface area contributed by atoms with Gasteiger partial charge in [-0.25, -0.2) is 21.6 Å². The van der Waals surface area contributed by atoms with Crippen LogP contribution in [0.2, 0.25) is 0 Å². The highest BCUT2D eigenvalue weighted by molar-refractivity contribution is 7.93. The van der Waals surface area contributed by atoms with E-state index in [-0.39, 0.29) is 23.7 Å². The molecule has 0 aliphatic carbocycles. The van der Waals surface area contributed by atoms with Gasteiger partial charge >= 0.3 is 6.03 Å². The van der Waals surface area contributed by atoms with Crippen molar-refractivity contribution in [2.24, 2.45) is 0 Å². The molecule has 3 fully saturated rings. The fourth-order valence-corrected chi connectivity index (χ4v) is 7.00. The number of urea groups is 1. The summed E-state index contributed by atoms with van der Waals surface area (Å²) in [4.78, 5) is 23.7. The van der Waals surface area contributed by atoms with Crippen molar-refractivity contribution in [2.75, 3.05) is 29.7 Å². The van der Waals surface area contributed by atoms with Crippen molar-refractivity contribution in [1.82, 2.24) is 14.9 Å². The molecule has 3 amide bonds. The molecule has 0 bridgehead atoms. The molecule has 0 radical (unpaired) electrons. The van der Waals surface area contributed by atoms with Gasteiger partial charge < -0.3 is 5.32 Å². The van der Waals surface area contributed by atoms with E-state index in [4.69, 9.17) is 0 Å². The number of piperidine rings is 1. The number of nitrogens with one attached hydrogen (secondary N) is 2. The van der Waals surface area contributed by atoms with Crippen LogP contribution in [0.5, 0.6) is 0 Å². The Morgan fingerprint density at radius 1 is 1.04 bits per heavy atom. The summed E-state index contributed by atoms with van der Waals surface area (Å²) in [5.41, 5.74) is -0.819. The summed E-state index contributed by atoms with van der Waals surface area (Å²) in [6.07, 6.45) is 1.32. The summed E-state index contributed by atoms with van der Waals surface area (Å²) in [6.45, 7) is 0.461. The first-order valence-corrected chi connectivity index (χ1v) is 11.9. The number of nitrogens with zero attached hydrogens (tertiary/aromatic N) is 2. The van der Waals surface area contributed by atoms with Gasteiger partial charge in [0, 0.05) is 19.6 Å². The second kappa shape index (κ2) is 6.42. The number of anilines is 1. The predicted octanol–water partition coefficient (Wildman–Crippen LogP) is -0.411. The number of hydrogen-bond acceptors (Lipinski definition) is 6. The van der Waals surface area contributed by atoms with E-state index in [1.54, 1.807) is 0 Å². The molecule has 3 heterocycles. The molecular formula is C16H20N4O6S2. The molecule has 0 saturated carbocycles. The van der Waals surface area contributed by atoms with Crippen molar-refractivity contribution in [3.8, 4) is 0 Å². The van der Waals surface area contributed by atoms with Crippen LogP contribution in [0, 0.1) is 0 Å². The van der Waals surface area contributed by atoms with Gasteiger partial charge in [-0.3, -0.25) is 14.4 Å². The van der Waals surface area contributed by atoms with Crippen LogP contribution >= 0.6 is 0 Å². The van der Waals surface area contributed by atoms with Crippen molar-refractivity contribution in [1.29, 1.82) is 0 Å². The van der Waals surface area contributed by atoms with Crippen molar-refractivity contribution >= 4 is 37.7 Å². The zero-order valence-corrected chi connectivity index (χ0v) is 16.6. The monoisotopic (exact) mass is 428 g/mol. The standard InChI is InChI=1S/C16H20N4O6S2/c21-14-16(18-15(22)17-14)7-1-8-19(11-16)28(25,26)13-5-3-12(4-6-13)20-9-2-10-27(20,23)24/h3-6H,1-2,7-11H2,(H2,17,18,21,22). The average Bonchev–Trinajstić information content (AvgIpc) is 3.13. The maximum absolute atomic E-state index is 13.0. The molecule has 1 aromatic carbocycles. The minimum absolute atomic E-state index is 0.00891. The number of imide groups is 1. The highest BCUT2D eigenvalue weighted by Gasteiger charge is 2.50. The van der Waals surface area contributed by atoms with E-state index >= 15 is 0 Å². The van der Waals surface area contributed by atoms with Crippen LogP contribution in [0.3, 0.4) is 0 Å². The lowest BCUT2D eigenvalue weighted by Gasteiger charge is -2.37. The molecule has 3 aliphatic rings. The second-order valence-corrected chi connectivity index (χ2v) is 11.1. The Morgan fingerprint density at radius 3 is 2.32 bits per heavy atom. The van der Waals surface area contributed by atoms with Gasteiger partial charge in [0.1, 0.15) is 5.54 Å². The first-order chi connectivity index (χ1) is 13.1. The lowest BCUT2D eigenvalue weighted by molar-refractivity contribution is -0.125. The Labute approximate surface area is 163 Å². The highest BCUT2D eigenvalue weighted by Crippen LogP contribution is 2.30. The Morgan fingerprint density at radius 2 is 1.75 bits per heavy atom. The zero-order valence-electron chi connectivity index (χ0n) is 14.9. The molecular weight excluding hydrogens is 408 g/mol. The molecule has 0 aromatic heterocycles. The van der Waals surface area contributed by atoms with Gasteiger partial charge in [0.25, 0.3) is 5.91 Å². The smallest absolute Gasteiger partial charge is 0.322 e. The van der Waals surface area contributed by atoms with Gasteiger partial charge in [-0.15, -0.1) is 0 Å². The molecule has 2 N–H and O–H groups in total. The largest absolute Gasteiger partial charge is 0.322 e. The van der Waals surface area contributed by atoms with Crippen LogP contribution in [0.25, 0.3) is 0 Å². The maximum atomic E-state index is 13.0. The first kappa shape index (κ1) is 19.2. The van der Waals surface area contributed by atoms with E-state index in [0.717, 1.165) is 0 Å². The third kappa shape index (κ3) is 3.05. The number of amides is 3. The third-order valence-corrected chi connectivity index (χ3v) is 9.06. The molecule has 3 aliphatic heterocycles. The molecule has 1 unspecified atom stereocenters. The fraction of sp³-hybridized carbons (Fsp3) is 0.500. The molecule has 28 heavy (non-hydrogen) atoms. The Hall–Kier alpha value is -2.18. The van der Waals surface area contributed by atoms with E-state index in [1.165, 1.54) is 32.9 Å². The lowest BCUT2D eigenvalue weighted by atomic mass is 9.90. The molecule has 1 spiro atoms. The molecule has 1 atom stereocenters. The molecule has 4 rings (SSSR count). The summed E-state index contributed by atoms with van der Waals surface area (Å²) in [5.74, 6) is -0.441. The van der Waals surface area contributed by atoms with Gasteiger partial charge in [-0.05, 0) is 43.5 Å². The van der Waals surface area contributed by atoms with Crippen LogP contribution in [-0.4, -0.2) is 64.0 Å². The number of benzene rings is 1. The fourth-order valence-electron chi connectivity index (χ4n) is 3.90. The van der Waals surface area contributed by atoms with E-state index < -0.39 is 37.5 Å². The molecule has 12 heteroatoms. The maximum Gasteiger partial charge on any atom is 0.322 e. The molecule has 152 valence electrons. The third-order valence-electron chi connectivity index (χ3n) is 5.33. The van der Waals surface area contributed by atoms with Crippen LogP contribution in [0.15, 0.2) is 29.2 Å². The lowest BCUT2D eigenvalue weighted by Crippen LogP contribution is -2.59. The Kier molecular flexibility index (Phi) is 4.39. The summed E-state index contributed by atoms with van der Waals surface area (Å²) in [5, 5.41) is 4.71. The van der Waals surface area contributed by atoms with Gasteiger partial charge in [0.15, 0.2) is 0 Å². The quantitative estimate of drug-likeness (QED) is 0.629. The van der Waals surface area contributed by atoms with Crippen molar-refractivity contribution in [3.05, 3.63) is 24.3 Å². The SMILES string of the molecule is O=C1NC(=O)C2(CCCN(S(=O)(=O)c3ccc(N4CCCS4(=O)=O)cc3)C2)N1. The highest BCUT2D eigenvalue weighted by atomic mass is 32.2.